The van der Waals surface area contributed by atoms with Gasteiger partial charge in [0.25, 0.3) is 5.91 Å². The van der Waals surface area contributed by atoms with E-state index in [0.717, 1.165) is 12.3 Å². The standard InChI is InChI=1S/C12H6ClF4N3O/c13-10-4-7(5-18-20-10)19-11(21)8-2-1-6(3-9(8)14)12(15,16)17/h1-5H,(H,19,20,21). The van der Waals surface area contributed by atoms with E-state index in [1.165, 1.54) is 6.07 Å². The molecule has 4 nitrogen and oxygen atoms in total. The van der Waals surface area contributed by atoms with Crippen molar-refractivity contribution in [1.29, 1.82) is 0 Å². The minimum absolute atomic E-state index is 0.000640. The summed E-state index contributed by atoms with van der Waals surface area (Å²) >= 11 is 5.55. The molecule has 0 aliphatic heterocycles. The first-order valence-electron chi connectivity index (χ1n) is 5.43. The number of anilines is 1. The van der Waals surface area contributed by atoms with E-state index < -0.39 is 29.0 Å². The SMILES string of the molecule is O=C(Nc1cnnc(Cl)c1)c1ccc(C(F)(F)F)cc1F. The Hall–Kier alpha value is -2.22. The highest BCUT2D eigenvalue weighted by molar-refractivity contribution is 6.29. The zero-order valence-corrected chi connectivity index (χ0v) is 10.8. The van der Waals surface area contributed by atoms with E-state index >= 15 is 0 Å². The maximum absolute atomic E-state index is 13.6. The molecular formula is C12H6ClF4N3O. The van der Waals surface area contributed by atoms with Gasteiger partial charge in [-0.25, -0.2) is 4.39 Å². The number of carbonyl (C=O) groups excluding carboxylic acids is 1. The lowest BCUT2D eigenvalue weighted by molar-refractivity contribution is -0.137. The zero-order valence-electron chi connectivity index (χ0n) is 10.1. The molecule has 0 bridgehead atoms. The largest absolute Gasteiger partial charge is 0.416 e. The Morgan fingerprint density at radius 1 is 1.24 bits per heavy atom. The Labute approximate surface area is 120 Å². The third-order valence-corrected chi connectivity index (χ3v) is 2.61. The molecule has 0 atom stereocenters. The van der Waals surface area contributed by atoms with E-state index in [2.05, 4.69) is 15.5 Å². The van der Waals surface area contributed by atoms with E-state index in [0.29, 0.717) is 6.07 Å². The van der Waals surface area contributed by atoms with Gasteiger partial charge in [-0.15, -0.1) is 5.10 Å². The molecule has 1 aromatic carbocycles. The summed E-state index contributed by atoms with van der Waals surface area (Å²) < 4.78 is 50.8. The molecule has 1 heterocycles. The molecule has 2 rings (SSSR count). The van der Waals surface area contributed by atoms with E-state index in [-0.39, 0.29) is 16.9 Å². The van der Waals surface area contributed by atoms with Crippen LogP contribution in [0.2, 0.25) is 5.15 Å². The minimum Gasteiger partial charge on any atom is -0.320 e. The lowest BCUT2D eigenvalue weighted by Crippen LogP contribution is -2.15. The number of nitrogens with zero attached hydrogens (tertiary/aromatic N) is 2. The highest BCUT2D eigenvalue weighted by atomic mass is 35.5. The number of rotatable bonds is 2. The Bertz CT molecular complexity index is 690. The second-order valence-corrected chi connectivity index (χ2v) is 4.30. The maximum atomic E-state index is 13.6. The first-order chi connectivity index (χ1) is 9.77. The molecule has 0 saturated carbocycles. The van der Waals surface area contributed by atoms with Gasteiger partial charge >= 0.3 is 6.18 Å². The van der Waals surface area contributed by atoms with Crippen molar-refractivity contribution in [2.75, 3.05) is 5.32 Å². The molecule has 0 radical (unpaired) electrons. The molecule has 9 heteroatoms. The molecular weight excluding hydrogens is 314 g/mol. The third-order valence-electron chi connectivity index (χ3n) is 2.42. The topological polar surface area (TPSA) is 54.9 Å². The van der Waals surface area contributed by atoms with Crippen molar-refractivity contribution >= 4 is 23.2 Å². The van der Waals surface area contributed by atoms with Crippen LogP contribution >= 0.6 is 11.6 Å². The van der Waals surface area contributed by atoms with Gasteiger partial charge in [0.1, 0.15) is 5.82 Å². The number of benzene rings is 1. The summed E-state index contributed by atoms with van der Waals surface area (Å²) in [5.74, 6) is -2.21. The van der Waals surface area contributed by atoms with Crippen molar-refractivity contribution in [2.24, 2.45) is 0 Å². The molecule has 21 heavy (non-hydrogen) atoms. The zero-order chi connectivity index (χ0) is 15.6. The van der Waals surface area contributed by atoms with Crippen molar-refractivity contribution in [3.05, 3.63) is 52.6 Å². The Balaban J connectivity index is 2.24. The first-order valence-corrected chi connectivity index (χ1v) is 5.81. The molecule has 1 amide bonds. The summed E-state index contributed by atoms with van der Waals surface area (Å²) in [5.41, 5.74) is -1.57. The van der Waals surface area contributed by atoms with Crippen LogP contribution in [0.3, 0.4) is 0 Å². The van der Waals surface area contributed by atoms with Crippen molar-refractivity contribution < 1.29 is 22.4 Å². The molecule has 0 aliphatic carbocycles. The average molecular weight is 320 g/mol. The smallest absolute Gasteiger partial charge is 0.320 e. The lowest BCUT2D eigenvalue weighted by atomic mass is 10.1. The van der Waals surface area contributed by atoms with Gasteiger partial charge in [0.2, 0.25) is 0 Å². The Morgan fingerprint density at radius 2 is 1.95 bits per heavy atom. The van der Waals surface area contributed by atoms with Crippen LogP contribution in [0.15, 0.2) is 30.5 Å². The average Bonchev–Trinajstić information content (AvgIpc) is 2.37. The Morgan fingerprint density at radius 3 is 2.52 bits per heavy atom. The molecule has 110 valence electrons. The van der Waals surface area contributed by atoms with Gasteiger partial charge < -0.3 is 5.32 Å². The van der Waals surface area contributed by atoms with Gasteiger partial charge in [-0.3, -0.25) is 4.79 Å². The van der Waals surface area contributed by atoms with Crippen LogP contribution in [0, 0.1) is 5.82 Å². The molecule has 1 aromatic heterocycles. The fourth-order valence-electron chi connectivity index (χ4n) is 1.48. The van der Waals surface area contributed by atoms with Gasteiger partial charge in [-0.2, -0.15) is 18.3 Å². The summed E-state index contributed by atoms with van der Waals surface area (Å²) in [6.07, 6.45) is -3.52. The van der Waals surface area contributed by atoms with Crippen LogP contribution in [0.4, 0.5) is 23.2 Å². The van der Waals surface area contributed by atoms with Crippen molar-refractivity contribution in [3.63, 3.8) is 0 Å². The van der Waals surface area contributed by atoms with Crippen LogP contribution in [0.25, 0.3) is 0 Å². The summed E-state index contributed by atoms with van der Waals surface area (Å²) in [6.45, 7) is 0. The van der Waals surface area contributed by atoms with Crippen LogP contribution in [0.1, 0.15) is 15.9 Å². The van der Waals surface area contributed by atoms with Crippen molar-refractivity contribution in [3.8, 4) is 0 Å². The predicted octanol–water partition coefficient (Wildman–Crippen LogP) is 3.54. The number of halogens is 5. The normalized spacial score (nSPS) is 11.3. The Kier molecular flexibility index (Phi) is 4.08. The molecule has 0 aliphatic rings. The predicted molar refractivity (Wildman–Crippen MR) is 66.4 cm³/mol. The van der Waals surface area contributed by atoms with Crippen LogP contribution < -0.4 is 5.32 Å². The van der Waals surface area contributed by atoms with E-state index in [1.54, 1.807) is 0 Å². The highest BCUT2D eigenvalue weighted by Crippen LogP contribution is 2.30. The highest BCUT2D eigenvalue weighted by Gasteiger charge is 2.31. The molecule has 2 aromatic rings. The number of carbonyl (C=O) groups is 1. The van der Waals surface area contributed by atoms with Crippen LogP contribution in [-0.2, 0) is 6.18 Å². The number of amides is 1. The van der Waals surface area contributed by atoms with Crippen LogP contribution in [-0.4, -0.2) is 16.1 Å². The lowest BCUT2D eigenvalue weighted by Gasteiger charge is -2.09. The number of aromatic nitrogens is 2. The summed E-state index contributed by atoms with van der Waals surface area (Å²) in [4.78, 5) is 11.8. The summed E-state index contributed by atoms with van der Waals surface area (Å²) in [6, 6.07) is 2.89. The third kappa shape index (κ3) is 3.66. The van der Waals surface area contributed by atoms with E-state index in [4.69, 9.17) is 11.6 Å². The quantitative estimate of drug-likeness (QED) is 0.861. The summed E-state index contributed by atoms with van der Waals surface area (Å²) in [7, 11) is 0. The molecule has 0 spiro atoms. The molecule has 0 unspecified atom stereocenters. The van der Waals surface area contributed by atoms with Gasteiger partial charge in [0.05, 0.1) is 23.0 Å². The fraction of sp³-hybridized carbons (Fsp3) is 0.0833. The summed E-state index contributed by atoms with van der Waals surface area (Å²) in [5, 5.41) is 9.15. The number of hydrogen-bond donors (Lipinski definition) is 1. The van der Waals surface area contributed by atoms with E-state index in [1.807, 2.05) is 0 Å². The van der Waals surface area contributed by atoms with Gasteiger partial charge in [-0.1, -0.05) is 11.6 Å². The van der Waals surface area contributed by atoms with Crippen molar-refractivity contribution in [1.82, 2.24) is 10.2 Å². The monoisotopic (exact) mass is 319 g/mol. The number of alkyl halides is 3. The molecule has 0 saturated heterocycles. The maximum Gasteiger partial charge on any atom is 0.416 e. The second kappa shape index (κ2) is 5.65. The first kappa shape index (κ1) is 15.2. The van der Waals surface area contributed by atoms with Crippen molar-refractivity contribution in [2.45, 2.75) is 6.18 Å². The number of hydrogen-bond acceptors (Lipinski definition) is 3. The van der Waals surface area contributed by atoms with Gasteiger partial charge in [-0.05, 0) is 18.2 Å². The van der Waals surface area contributed by atoms with Crippen LogP contribution in [0.5, 0.6) is 0 Å². The number of nitrogens with one attached hydrogen (secondary N) is 1. The van der Waals surface area contributed by atoms with Gasteiger partial charge in [0, 0.05) is 6.07 Å². The molecule has 1 N–H and O–H groups in total. The minimum atomic E-state index is -4.68. The second-order valence-electron chi connectivity index (χ2n) is 3.91. The molecule has 0 fully saturated rings. The van der Waals surface area contributed by atoms with E-state index in [9.17, 15) is 22.4 Å². The van der Waals surface area contributed by atoms with Gasteiger partial charge in [0.15, 0.2) is 5.15 Å². The fourth-order valence-corrected chi connectivity index (χ4v) is 1.64.